The Kier molecular flexibility index (Phi) is 6.53. The molecule has 12 nitrogen and oxygen atoms in total. The molecule has 0 aliphatic rings. The number of carboxylic acid groups (broad SMARTS) is 1. The van der Waals surface area contributed by atoms with Crippen LogP contribution in [0.3, 0.4) is 0 Å². The Morgan fingerprint density at radius 3 is 2.43 bits per heavy atom. The summed E-state index contributed by atoms with van der Waals surface area (Å²) in [7, 11) is 4.84. The quantitative estimate of drug-likeness (QED) is 0.299. The number of pyridine rings is 2. The number of aryl methyl sites for hydroxylation is 1. The summed E-state index contributed by atoms with van der Waals surface area (Å²) in [5.41, 5.74) is 2.08. The highest BCUT2D eigenvalue weighted by molar-refractivity contribution is 6.00. The van der Waals surface area contributed by atoms with Gasteiger partial charge in [-0.2, -0.15) is 5.10 Å². The first-order chi connectivity index (χ1) is 16.9. The smallest absolute Gasteiger partial charge is 0.337 e. The molecular formula is C23H22N8O4. The van der Waals surface area contributed by atoms with Gasteiger partial charge in [0.25, 0.3) is 5.91 Å². The first-order valence-corrected chi connectivity index (χ1v) is 10.4. The van der Waals surface area contributed by atoms with E-state index >= 15 is 0 Å². The second-order valence-electron chi connectivity index (χ2n) is 7.31. The summed E-state index contributed by atoms with van der Waals surface area (Å²) in [5.74, 6) is 0.364. The van der Waals surface area contributed by atoms with Crippen molar-refractivity contribution in [3.05, 3.63) is 66.2 Å². The van der Waals surface area contributed by atoms with Gasteiger partial charge in [0.05, 0.1) is 35.2 Å². The summed E-state index contributed by atoms with van der Waals surface area (Å²) < 4.78 is 7.25. The lowest BCUT2D eigenvalue weighted by Gasteiger charge is -2.17. The van der Waals surface area contributed by atoms with Crippen LogP contribution in [0.2, 0.25) is 0 Å². The number of ether oxygens (including phenoxy) is 1. The Bertz CT molecular complexity index is 1380. The summed E-state index contributed by atoms with van der Waals surface area (Å²) >= 11 is 0. The molecule has 4 rings (SSSR count). The van der Waals surface area contributed by atoms with Crippen molar-refractivity contribution in [1.82, 2.24) is 30.0 Å². The van der Waals surface area contributed by atoms with Gasteiger partial charge in [-0.15, -0.1) is 0 Å². The van der Waals surface area contributed by atoms with Crippen LogP contribution in [-0.2, 0) is 7.05 Å². The van der Waals surface area contributed by atoms with Gasteiger partial charge in [-0.3, -0.25) is 9.48 Å². The average Bonchev–Trinajstić information content (AvgIpc) is 3.30. The van der Waals surface area contributed by atoms with Crippen LogP contribution in [0, 0.1) is 0 Å². The fourth-order valence-electron chi connectivity index (χ4n) is 3.31. The number of nitrogens with one attached hydrogen (secondary N) is 3. The molecule has 35 heavy (non-hydrogen) atoms. The van der Waals surface area contributed by atoms with Crippen LogP contribution in [0.4, 0.5) is 23.0 Å². The molecular weight excluding hydrogens is 452 g/mol. The molecule has 0 fully saturated rings. The highest BCUT2D eigenvalue weighted by Gasteiger charge is 2.18. The van der Waals surface area contributed by atoms with Crippen molar-refractivity contribution < 1.29 is 19.4 Å². The zero-order chi connectivity index (χ0) is 24.9. The van der Waals surface area contributed by atoms with Gasteiger partial charge in [-0.1, -0.05) is 6.07 Å². The van der Waals surface area contributed by atoms with E-state index in [-0.39, 0.29) is 11.5 Å². The molecule has 0 atom stereocenters. The van der Waals surface area contributed by atoms with Crippen LogP contribution < -0.4 is 20.7 Å². The maximum atomic E-state index is 12.5. The number of hydrogen-bond acceptors (Lipinski definition) is 9. The Morgan fingerprint density at radius 1 is 1.00 bits per heavy atom. The van der Waals surface area contributed by atoms with Gasteiger partial charge in [-0.25, -0.2) is 19.7 Å². The predicted octanol–water partition coefficient (Wildman–Crippen LogP) is 2.83. The number of benzene rings is 1. The molecule has 0 aliphatic carbocycles. The lowest BCUT2D eigenvalue weighted by atomic mass is 10.1. The zero-order valence-corrected chi connectivity index (χ0v) is 19.1. The first-order valence-electron chi connectivity index (χ1n) is 10.4. The molecule has 3 aromatic heterocycles. The number of carboxylic acids is 1. The molecule has 0 saturated carbocycles. The molecule has 0 aliphatic heterocycles. The van der Waals surface area contributed by atoms with Gasteiger partial charge in [0.15, 0.2) is 11.6 Å². The van der Waals surface area contributed by atoms with E-state index in [1.807, 2.05) is 12.1 Å². The molecule has 4 N–H and O–H groups in total. The minimum Gasteiger partial charge on any atom is -0.494 e. The lowest BCUT2D eigenvalue weighted by molar-refractivity contribution is 0.0696. The maximum absolute atomic E-state index is 12.5. The topological polar surface area (TPSA) is 156 Å². The number of carbonyl (C=O) groups excluding carboxylic acids is 1. The number of methoxy groups -OCH3 is 1. The molecule has 0 unspecified atom stereocenters. The fourth-order valence-corrected chi connectivity index (χ4v) is 3.31. The van der Waals surface area contributed by atoms with Crippen LogP contribution in [0.25, 0.3) is 11.4 Å². The summed E-state index contributed by atoms with van der Waals surface area (Å²) in [6.45, 7) is 0. The van der Waals surface area contributed by atoms with Crippen LogP contribution in [0.15, 0.2) is 55.1 Å². The van der Waals surface area contributed by atoms with Crippen molar-refractivity contribution in [1.29, 1.82) is 0 Å². The lowest BCUT2D eigenvalue weighted by Crippen LogP contribution is -2.19. The number of aromatic nitrogens is 5. The summed E-state index contributed by atoms with van der Waals surface area (Å²) in [4.78, 5) is 36.2. The van der Waals surface area contributed by atoms with Gasteiger partial charge in [0.2, 0.25) is 0 Å². The SMILES string of the molecule is CNC(=O)c1cnc(Nc2ccc(C(=O)O)cn2)cc1Nc1cccc(-c2ncn(C)n2)c1OC. The molecule has 12 heteroatoms. The summed E-state index contributed by atoms with van der Waals surface area (Å²) in [6.07, 6.45) is 4.26. The van der Waals surface area contributed by atoms with Gasteiger partial charge >= 0.3 is 5.97 Å². The van der Waals surface area contributed by atoms with Crippen LogP contribution in [-0.4, -0.2) is 55.9 Å². The van der Waals surface area contributed by atoms with Crippen molar-refractivity contribution in [3.8, 4) is 17.1 Å². The number of carbonyl (C=O) groups is 2. The number of anilines is 4. The van der Waals surface area contributed by atoms with Gasteiger partial charge in [-0.05, 0) is 24.3 Å². The van der Waals surface area contributed by atoms with E-state index in [1.165, 1.54) is 31.6 Å². The molecule has 3 heterocycles. The Labute approximate surface area is 200 Å². The summed E-state index contributed by atoms with van der Waals surface area (Å²) in [5, 5.41) is 22.2. The highest BCUT2D eigenvalue weighted by Crippen LogP contribution is 2.37. The van der Waals surface area contributed by atoms with E-state index in [4.69, 9.17) is 9.84 Å². The zero-order valence-electron chi connectivity index (χ0n) is 19.1. The highest BCUT2D eigenvalue weighted by atomic mass is 16.5. The van der Waals surface area contributed by atoms with Crippen LogP contribution in [0.5, 0.6) is 5.75 Å². The van der Waals surface area contributed by atoms with E-state index in [9.17, 15) is 9.59 Å². The van der Waals surface area contributed by atoms with Crippen molar-refractivity contribution >= 4 is 34.9 Å². The standard InChI is InChI=1S/C23H22N8O4/c1-24-22(32)15-11-26-19(29-18-8-7-13(10-25-18)23(33)34)9-17(15)28-16-6-4-5-14(20(16)35-3)21-27-12-31(2)30-21/h4-12H,1-3H3,(H,24,32)(H,33,34)(H2,25,26,28,29). The number of amides is 1. The van der Waals surface area contributed by atoms with E-state index in [0.717, 1.165) is 0 Å². The molecule has 0 spiro atoms. The summed E-state index contributed by atoms with van der Waals surface area (Å²) in [6, 6.07) is 10.1. The number of nitrogens with zero attached hydrogens (tertiary/aromatic N) is 5. The van der Waals surface area contributed by atoms with Gasteiger partial charge in [0, 0.05) is 32.6 Å². The second-order valence-corrected chi connectivity index (χ2v) is 7.31. The molecule has 0 bridgehead atoms. The number of hydrogen-bond donors (Lipinski definition) is 4. The average molecular weight is 474 g/mol. The molecule has 1 aromatic carbocycles. The van der Waals surface area contributed by atoms with E-state index in [0.29, 0.717) is 45.7 Å². The minimum atomic E-state index is -1.07. The number of para-hydroxylation sites is 1. The minimum absolute atomic E-state index is 0.0650. The van der Waals surface area contributed by atoms with Crippen molar-refractivity contribution in [2.24, 2.45) is 7.05 Å². The van der Waals surface area contributed by atoms with Gasteiger partial charge in [0.1, 0.15) is 18.0 Å². The first kappa shape index (κ1) is 23.2. The number of aromatic carboxylic acids is 1. The van der Waals surface area contributed by atoms with Crippen LogP contribution >= 0.6 is 0 Å². The Hall–Kier alpha value is -5.00. The third-order valence-corrected chi connectivity index (χ3v) is 4.97. The molecule has 1 amide bonds. The van der Waals surface area contributed by atoms with Gasteiger partial charge < -0.3 is 25.8 Å². The number of rotatable bonds is 8. The van der Waals surface area contributed by atoms with Crippen molar-refractivity contribution in [2.45, 2.75) is 0 Å². The normalized spacial score (nSPS) is 10.5. The third kappa shape index (κ3) is 5.00. The molecule has 0 radical (unpaired) electrons. The van der Waals surface area contributed by atoms with E-state index < -0.39 is 5.97 Å². The van der Waals surface area contributed by atoms with Crippen molar-refractivity contribution in [3.63, 3.8) is 0 Å². The molecule has 4 aromatic rings. The largest absolute Gasteiger partial charge is 0.494 e. The maximum Gasteiger partial charge on any atom is 0.337 e. The van der Waals surface area contributed by atoms with Crippen molar-refractivity contribution in [2.75, 3.05) is 24.8 Å². The fraction of sp³-hybridized carbons (Fsp3) is 0.130. The van der Waals surface area contributed by atoms with E-state index in [1.54, 1.807) is 37.3 Å². The van der Waals surface area contributed by atoms with E-state index in [2.05, 4.69) is 36.0 Å². The van der Waals surface area contributed by atoms with Crippen LogP contribution in [0.1, 0.15) is 20.7 Å². The molecule has 178 valence electrons. The predicted molar refractivity (Wildman–Crippen MR) is 128 cm³/mol. The monoisotopic (exact) mass is 474 g/mol. The molecule has 0 saturated heterocycles. The second kappa shape index (κ2) is 9.87. The third-order valence-electron chi connectivity index (χ3n) is 4.97. The Balaban J connectivity index is 1.70. The Morgan fingerprint density at radius 2 is 1.80 bits per heavy atom.